The van der Waals surface area contributed by atoms with Crippen molar-refractivity contribution in [2.24, 2.45) is 5.92 Å². The maximum Gasteiger partial charge on any atom is 0.311 e. The van der Waals surface area contributed by atoms with Gasteiger partial charge in [-0.1, -0.05) is 19.1 Å². The summed E-state index contributed by atoms with van der Waals surface area (Å²) in [6.45, 7) is 7.80. The summed E-state index contributed by atoms with van der Waals surface area (Å²) in [5.41, 5.74) is 0.358. The molecular weight excluding hydrogens is 462 g/mol. The van der Waals surface area contributed by atoms with Crippen LogP contribution in [0.5, 0.6) is 5.75 Å². The molecule has 36 heavy (non-hydrogen) atoms. The van der Waals surface area contributed by atoms with Crippen LogP contribution in [0.15, 0.2) is 24.0 Å². The van der Waals surface area contributed by atoms with Crippen LogP contribution >= 0.6 is 0 Å². The molecule has 0 unspecified atom stereocenters. The van der Waals surface area contributed by atoms with Gasteiger partial charge in [-0.25, -0.2) is 0 Å². The fourth-order valence-electron chi connectivity index (χ4n) is 6.67. The number of benzene rings is 1. The third-order valence-electron chi connectivity index (χ3n) is 8.45. The lowest BCUT2D eigenvalue weighted by Crippen LogP contribution is -2.74. The monoisotopic (exact) mass is 499 g/mol. The van der Waals surface area contributed by atoms with E-state index in [0.717, 1.165) is 17.7 Å². The number of nitrogens with zero attached hydrogens (tertiary/aromatic N) is 1. The van der Waals surface area contributed by atoms with Crippen molar-refractivity contribution in [3.05, 3.63) is 40.7 Å². The number of ether oxygens (including phenoxy) is 3. The van der Waals surface area contributed by atoms with Gasteiger partial charge in [0.15, 0.2) is 6.10 Å². The lowest BCUT2D eigenvalue weighted by Gasteiger charge is -2.61. The van der Waals surface area contributed by atoms with Gasteiger partial charge in [-0.05, 0) is 65.3 Å². The highest BCUT2D eigenvalue weighted by atomic mass is 16.6. The summed E-state index contributed by atoms with van der Waals surface area (Å²) < 4.78 is 17.8. The van der Waals surface area contributed by atoms with Crippen LogP contribution in [0, 0.1) is 5.92 Å². The van der Waals surface area contributed by atoms with Crippen molar-refractivity contribution in [2.75, 3.05) is 13.6 Å². The van der Waals surface area contributed by atoms with Crippen molar-refractivity contribution >= 4 is 11.9 Å². The van der Waals surface area contributed by atoms with E-state index in [1.807, 2.05) is 40.0 Å². The van der Waals surface area contributed by atoms with Crippen LogP contribution in [-0.2, 0) is 37.5 Å². The number of esters is 2. The number of carbonyl (C=O) groups is 2. The Hall–Kier alpha value is -2.42. The first-order chi connectivity index (χ1) is 16.9. The van der Waals surface area contributed by atoms with E-state index in [1.165, 1.54) is 0 Å². The van der Waals surface area contributed by atoms with Gasteiger partial charge in [0.05, 0.1) is 23.5 Å². The van der Waals surface area contributed by atoms with Gasteiger partial charge in [-0.3, -0.25) is 9.59 Å². The quantitative estimate of drug-likeness (QED) is 0.576. The van der Waals surface area contributed by atoms with Crippen LogP contribution in [0.2, 0.25) is 0 Å². The second-order valence-electron chi connectivity index (χ2n) is 11.8. The number of carbonyl (C=O) groups excluding carboxylic acids is 2. The number of rotatable bonds is 6. The van der Waals surface area contributed by atoms with Crippen LogP contribution in [0.3, 0.4) is 0 Å². The van der Waals surface area contributed by atoms with E-state index in [9.17, 15) is 19.8 Å². The molecule has 2 N–H and O–H groups in total. The van der Waals surface area contributed by atoms with Crippen molar-refractivity contribution in [3.63, 3.8) is 0 Å². The number of hydrogen-bond donors (Lipinski definition) is 2. The van der Waals surface area contributed by atoms with Crippen LogP contribution in [0.25, 0.3) is 0 Å². The Bertz CT molecular complexity index is 1120. The number of aliphatic hydroxyl groups excluding tert-OH is 1. The molecule has 1 spiro atoms. The molecule has 4 aliphatic rings. The Kier molecular flexibility index (Phi) is 6.01. The van der Waals surface area contributed by atoms with Crippen molar-refractivity contribution < 1.29 is 34.0 Å². The highest BCUT2D eigenvalue weighted by Crippen LogP contribution is 2.64. The van der Waals surface area contributed by atoms with E-state index in [1.54, 1.807) is 13.0 Å². The molecule has 8 heteroatoms. The van der Waals surface area contributed by atoms with Gasteiger partial charge in [0.2, 0.25) is 0 Å². The van der Waals surface area contributed by atoms with Crippen LogP contribution in [-0.4, -0.2) is 64.0 Å². The Morgan fingerprint density at radius 1 is 1.31 bits per heavy atom. The first kappa shape index (κ1) is 25.2. The minimum atomic E-state index is -1.07. The number of aliphatic hydroxyl groups is 2. The topological polar surface area (TPSA) is 106 Å². The fourth-order valence-corrected chi connectivity index (χ4v) is 6.67. The summed E-state index contributed by atoms with van der Waals surface area (Å²) in [5, 5.41) is 22.2. The standard InChI is InChI=1S/C28H37NO7/c1-16(25(32)36-26(2,3)4)6-9-21(31)34-19-10-11-28(33)20-14-17-7-8-18(15-30)23-22(17)27(28,24(19)35-23)12-13-29(20)5/h7-8,10,16,20,24,30,33H,6,9,11-15H2,1-5H3/t16-,20+,24-,27-,28+/m0/s1. The molecule has 1 fully saturated rings. The molecule has 0 amide bonds. The van der Waals surface area contributed by atoms with Gasteiger partial charge in [-0.15, -0.1) is 0 Å². The molecular formula is C28H37NO7. The van der Waals surface area contributed by atoms with E-state index in [4.69, 9.17) is 14.2 Å². The number of piperidine rings is 1. The molecule has 2 aliphatic carbocycles. The predicted octanol–water partition coefficient (Wildman–Crippen LogP) is 2.76. The maximum atomic E-state index is 12.9. The normalized spacial score (nSPS) is 31.1. The van der Waals surface area contributed by atoms with Gasteiger partial charge in [0, 0.05) is 30.0 Å². The minimum absolute atomic E-state index is 0.0627. The summed E-state index contributed by atoms with van der Waals surface area (Å²) >= 11 is 0. The van der Waals surface area contributed by atoms with Gasteiger partial charge in [-0.2, -0.15) is 0 Å². The van der Waals surface area contributed by atoms with Crippen molar-refractivity contribution in [1.82, 2.24) is 4.90 Å². The SMILES string of the molecule is C[C@@H](CCC(=O)OC1=CC[C@@]2(O)[C@H]3Cc4ccc(CO)c5c4[C@@]2(CCN3C)[C@H]1O5)C(=O)OC(C)(C)C. The molecule has 2 heterocycles. The molecule has 5 atom stereocenters. The molecule has 2 aliphatic heterocycles. The summed E-state index contributed by atoms with van der Waals surface area (Å²) in [4.78, 5) is 27.4. The highest BCUT2D eigenvalue weighted by molar-refractivity contribution is 5.75. The van der Waals surface area contributed by atoms with Crippen LogP contribution < -0.4 is 4.74 Å². The lowest BCUT2D eigenvalue weighted by atomic mass is 9.50. The van der Waals surface area contributed by atoms with Gasteiger partial charge in [0.25, 0.3) is 0 Å². The molecule has 1 saturated heterocycles. The summed E-state index contributed by atoms with van der Waals surface area (Å²) in [6, 6.07) is 3.83. The fraction of sp³-hybridized carbons (Fsp3) is 0.643. The molecule has 2 bridgehead atoms. The Balaban J connectivity index is 1.40. The Morgan fingerprint density at radius 2 is 2.06 bits per heavy atom. The summed E-state index contributed by atoms with van der Waals surface area (Å²) in [7, 11) is 2.04. The van der Waals surface area contributed by atoms with Crippen molar-refractivity contribution in [3.8, 4) is 5.75 Å². The first-order valence-corrected chi connectivity index (χ1v) is 12.9. The van der Waals surface area contributed by atoms with E-state index in [-0.39, 0.29) is 25.0 Å². The predicted molar refractivity (Wildman–Crippen MR) is 131 cm³/mol. The van der Waals surface area contributed by atoms with Crippen molar-refractivity contribution in [2.45, 2.75) is 95.2 Å². The summed E-state index contributed by atoms with van der Waals surface area (Å²) in [5.74, 6) is -0.194. The molecule has 5 rings (SSSR count). The van der Waals surface area contributed by atoms with E-state index < -0.39 is 34.6 Å². The van der Waals surface area contributed by atoms with Crippen LogP contribution in [0.1, 0.15) is 70.1 Å². The number of hydrogen-bond acceptors (Lipinski definition) is 8. The Morgan fingerprint density at radius 3 is 2.75 bits per heavy atom. The molecule has 1 aromatic carbocycles. The third-order valence-corrected chi connectivity index (χ3v) is 8.45. The Labute approximate surface area is 212 Å². The van der Waals surface area contributed by atoms with Crippen LogP contribution in [0.4, 0.5) is 0 Å². The molecule has 1 aromatic rings. The number of likely N-dealkylation sites (tertiary alicyclic amines) is 1. The smallest absolute Gasteiger partial charge is 0.311 e. The second kappa shape index (κ2) is 8.57. The average Bonchev–Trinajstić information content (AvgIpc) is 3.16. The van der Waals surface area contributed by atoms with E-state index >= 15 is 0 Å². The molecule has 0 saturated carbocycles. The van der Waals surface area contributed by atoms with Gasteiger partial charge < -0.3 is 29.3 Å². The highest BCUT2D eigenvalue weighted by Gasteiger charge is 2.71. The molecule has 0 aromatic heterocycles. The molecule has 0 radical (unpaired) electrons. The molecule has 196 valence electrons. The average molecular weight is 500 g/mol. The zero-order valence-corrected chi connectivity index (χ0v) is 21.8. The molecule has 8 nitrogen and oxygen atoms in total. The van der Waals surface area contributed by atoms with Gasteiger partial charge in [0.1, 0.15) is 17.1 Å². The second-order valence-corrected chi connectivity index (χ2v) is 11.8. The summed E-state index contributed by atoms with van der Waals surface area (Å²) in [6.07, 6.45) is 3.22. The zero-order chi connectivity index (χ0) is 26.0. The number of likely N-dealkylation sites (N-methyl/N-ethyl adjacent to an activating group) is 1. The third kappa shape index (κ3) is 3.68. The first-order valence-electron chi connectivity index (χ1n) is 12.9. The van der Waals surface area contributed by atoms with Crippen molar-refractivity contribution in [1.29, 1.82) is 0 Å². The lowest BCUT2D eigenvalue weighted by molar-refractivity contribution is -0.169. The van der Waals surface area contributed by atoms with E-state index in [0.29, 0.717) is 42.8 Å². The van der Waals surface area contributed by atoms with Gasteiger partial charge >= 0.3 is 11.9 Å². The van der Waals surface area contributed by atoms with E-state index in [2.05, 4.69) is 4.90 Å². The minimum Gasteiger partial charge on any atom is -0.481 e. The maximum absolute atomic E-state index is 12.9. The zero-order valence-electron chi connectivity index (χ0n) is 21.8. The largest absolute Gasteiger partial charge is 0.481 e.